The number of furan rings is 1. The number of thiazole rings is 1. The summed E-state index contributed by atoms with van der Waals surface area (Å²) < 4.78 is 6.51. The Balaban J connectivity index is 1.75. The molecule has 0 radical (unpaired) electrons. The number of amides is 1. The van der Waals surface area contributed by atoms with Gasteiger partial charge in [-0.2, -0.15) is 0 Å². The summed E-state index contributed by atoms with van der Waals surface area (Å²) in [6.45, 7) is 5.90. The molecule has 5 nitrogen and oxygen atoms in total. The molecule has 0 atom stereocenters. The van der Waals surface area contributed by atoms with E-state index in [0.29, 0.717) is 22.0 Å². The quantitative estimate of drug-likeness (QED) is 0.409. The number of rotatable bonds is 5. The first kappa shape index (κ1) is 19.1. The lowest BCUT2D eigenvalue weighted by atomic mass is 10.1. The molecule has 146 valence electrons. The fourth-order valence-corrected chi connectivity index (χ4v) is 4.11. The van der Waals surface area contributed by atoms with Crippen LogP contribution >= 0.6 is 11.3 Å². The van der Waals surface area contributed by atoms with E-state index in [1.165, 1.54) is 23.8 Å². The van der Waals surface area contributed by atoms with Crippen molar-refractivity contribution < 1.29 is 14.0 Å². The summed E-state index contributed by atoms with van der Waals surface area (Å²) in [5.41, 5.74) is 4.30. The first-order valence-electron chi connectivity index (χ1n) is 9.25. The zero-order chi connectivity index (χ0) is 20.5. The standard InChI is InChI=1S/C23H20N2O3S/c1-14-11-20-21(12-15(14)2)29-23(24-20)25(13-19-5-4-10-28-19)22(27)18-8-6-17(7-9-18)16(3)26/h4-12H,13H2,1-3H3. The minimum Gasteiger partial charge on any atom is -0.467 e. The van der Waals surface area contributed by atoms with Crippen molar-refractivity contribution in [3.05, 3.63) is 82.8 Å². The maximum Gasteiger partial charge on any atom is 0.260 e. The van der Waals surface area contributed by atoms with Gasteiger partial charge < -0.3 is 4.42 Å². The number of aromatic nitrogens is 1. The number of nitrogens with zero attached hydrogens (tertiary/aromatic N) is 2. The van der Waals surface area contributed by atoms with E-state index in [9.17, 15) is 9.59 Å². The molecule has 0 saturated carbocycles. The second-order valence-electron chi connectivity index (χ2n) is 7.00. The molecule has 0 saturated heterocycles. The fourth-order valence-electron chi connectivity index (χ4n) is 3.07. The number of anilines is 1. The van der Waals surface area contributed by atoms with E-state index in [2.05, 4.69) is 19.9 Å². The molecule has 2 aromatic carbocycles. The molecule has 2 heterocycles. The van der Waals surface area contributed by atoms with Crippen LogP contribution in [0.1, 0.15) is 44.5 Å². The Labute approximate surface area is 172 Å². The van der Waals surface area contributed by atoms with Crippen LogP contribution in [0.5, 0.6) is 0 Å². The van der Waals surface area contributed by atoms with Crippen LogP contribution in [0.4, 0.5) is 5.13 Å². The molecule has 0 spiro atoms. The molecule has 0 aliphatic carbocycles. The summed E-state index contributed by atoms with van der Waals surface area (Å²) in [4.78, 5) is 31.2. The van der Waals surface area contributed by atoms with Gasteiger partial charge in [0.05, 0.1) is 23.0 Å². The summed E-state index contributed by atoms with van der Waals surface area (Å²) in [5, 5.41) is 0.613. The number of carbonyl (C=O) groups excluding carboxylic acids is 2. The van der Waals surface area contributed by atoms with Crippen molar-refractivity contribution in [2.45, 2.75) is 27.3 Å². The van der Waals surface area contributed by atoms with Gasteiger partial charge in [-0.3, -0.25) is 14.5 Å². The normalized spacial score (nSPS) is 11.0. The third-order valence-corrected chi connectivity index (χ3v) is 5.94. The Morgan fingerprint density at radius 2 is 1.72 bits per heavy atom. The highest BCUT2D eigenvalue weighted by atomic mass is 32.1. The lowest BCUT2D eigenvalue weighted by Gasteiger charge is -2.19. The molecule has 0 N–H and O–H groups in total. The van der Waals surface area contributed by atoms with Crippen molar-refractivity contribution in [2.24, 2.45) is 0 Å². The van der Waals surface area contributed by atoms with Gasteiger partial charge in [0.2, 0.25) is 0 Å². The largest absolute Gasteiger partial charge is 0.467 e. The predicted octanol–water partition coefficient (Wildman–Crippen LogP) is 5.56. The van der Waals surface area contributed by atoms with Gasteiger partial charge >= 0.3 is 0 Å². The van der Waals surface area contributed by atoms with Crippen LogP contribution in [0.25, 0.3) is 10.2 Å². The van der Waals surface area contributed by atoms with E-state index in [0.717, 1.165) is 15.8 Å². The van der Waals surface area contributed by atoms with Crippen molar-refractivity contribution in [3.8, 4) is 0 Å². The van der Waals surface area contributed by atoms with Crippen LogP contribution in [-0.4, -0.2) is 16.7 Å². The van der Waals surface area contributed by atoms with E-state index >= 15 is 0 Å². The van der Waals surface area contributed by atoms with Gasteiger partial charge in [0.15, 0.2) is 10.9 Å². The molecular formula is C23H20N2O3S. The van der Waals surface area contributed by atoms with Gasteiger partial charge in [0.1, 0.15) is 5.76 Å². The monoisotopic (exact) mass is 404 g/mol. The van der Waals surface area contributed by atoms with Gasteiger partial charge in [-0.1, -0.05) is 23.5 Å². The summed E-state index contributed by atoms with van der Waals surface area (Å²) >= 11 is 1.48. The molecule has 0 unspecified atom stereocenters. The second kappa shape index (κ2) is 7.64. The van der Waals surface area contributed by atoms with Gasteiger partial charge in [0.25, 0.3) is 5.91 Å². The SMILES string of the molecule is CC(=O)c1ccc(C(=O)N(Cc2ccco2)c2nc3cc(C)c(C)cc3s2)cc1. The molecule has 0 aliphatic rings. The maximum absolute atomic E-state index is 13.3. The van der Waals surface area contributed by atoms with Crippen LogP contribution in [-0.2, 0) is 6.54 Å². The highest BCUT2D eigenvalue weighted by Gasteiger charge is 2.23. The lowest BCUT2D eigenvalue weighted by molar-refractivity contribution is 0.0979. The molecule has 0 bridgehead atoms. The Morgan fingerprint density at radius 1 is 1.03 bits per heavy atom. The van der Waals surface area contributed by atoms with E-state index in [1.807, 2.05) is 12.1 Å². The molecule has 4 aromatic rings. The summed E-state index contributed by atoms with van der Waals surface area (Å²) in [5.74, 6) is 0.447. The molecule has 29 heavy (non-hydrogen) atoms. The van der Waals surface area contributed by atoms with Crippen LogP contribution < -0.4 is 4.90 Å². The van der Waals surface area contributed by atoms with Gasteiger partial charge in [-0.15, -0.1) is 0 Å². The van der Waals surface area contributed by atoms with Crippen LogP contribution in [0, 0.1) is 13.8 Å². The Kier molecular flexibility index (Phi) is 5.03. The minimum atomic E-state index is -0.191. The van der Waals surface area contributed by atoms with Crippen LogP contribution in [0.3, 0.4) is 0 Å². The molecule has 1 amide bonds. The minimum absolute atomic E-state index is 0.0339. The highest BCUT2D eigenvalue weighted by molar-refractivity contribution is 7.22. The van der Waals surface area contributed by atoms with Crippen LogP contribution in [0.15, 0.2) is 59.2 Å². The average Bonchev–Trinajstić information content (AvgIpc) is 3.35. The topological polar surface area (TPSA) is 63.4 Å². The third-order valence-electron chi connectivity index (χ3n) is 4.90. The second-order valence-corrected chi connectivity index (χ2v) is 8.01. The number of carbonyl (C=O) groups is 2. The van der Waals surface area contributed by atoms with Gasteiger partial charge in [-0.05, 0) is 68.3 Å². The Bertz CT molecular complexity index is 1150. The Morgan fingerprint density at radius 3 is 2.38 bits per heavy atom. The smallest absolute Gasteiger partial charge is 0.260 e. The third kappa shape index (κ3) is 3.84. The number of hydrogen-bond acceptors (Lipinski definition) is 5. The zero-order valence-electron chi connectivity index (χ0n) is 16.4. The van der Waals surface area contributed by atoms with Crippen molar-refractivity contribution in [1.29, 1.82) is 0 Å². The molecular weight excluding hydrogens is 384 g/mol. The van der Waals surface area contributed by atoms with Crippen molar-refractivity contribution in [3.63, 3.8) is 0 Å². The zero-order valence-corrected chi connectivity index (χ0v) is 17.2. The number of aryl methyl sites for hydroxylation is 2. The number of Topliss-reactive ketones (excluding diaryl/α,β-unsaturated/α-hetero) is 1. The number of hydrogen-bond donors (Lipinski definition) is 0. The van der Waals surface area contributed by atoms with Gasteiger partial charge in [-0.25, -0.2) is 4.98 Å². The fraction of sp³-hybridized carbons (Fsp3) is 0.174. The van der Waals surface area contributed by atoms with E-state index in [4.69, 9.17) is 9.40 Å². The van der Waals surface area contributed by atoms with Gasteiger partial charge in [0, 0.05) is 11.1 Å². The Hall–Kier alpha value is -3.25. The van der Waals surface area contributed by atoms with Crippen LogP contribution in [0.2, 0.25) is 0 Å². The molecule has 4 rings (SSSR count). The van der Waals surface area contributed by atoms with E-state index in [1.54, 1.807) is 41.5 Å². The van der Waals surface area contributed by atoms with E-state index in [-0.39, 0.29) is 18.2 Å². The summed E-state index contributed by atoms with van der Waals surface area (Å²) in [7, 11) is 0. The summed E-state index contributed by atoms with van der Waals surface area (Å²) in [6.07, 6.45) is 1.59. The number of fused-ring (bicyclic) bond motifs is 1. The molecule has 0 fully saturated rings. The number of benzene rings is 2. The average molecular weight is 404 g/mol. The maximum atomic E-state index is 13.3. The van der Waals surface area contributed by atoms with E-state index < -0.39 is 0 Å². The summed E-state index contributed by atoms with van der Waals surface area (Å²) in [6, 6.07) is 14.5. The van der Waals surface area contributed by atoms with Crippen molar-refractivity contribution in [2.75, 3.05) is 4.90 Å². The first-order chi connectivity index (χ1) is 13.9. The number of ketones is 1. The first-order valence-corrected chi connectivity index (χ1v) is 10.1. The van der Waals surface area contributed by atoms with Crippen molar-refractivity contribution >= 4 is 38.4 Å². The molecule has 2 aromatic heterocycles. The van der Waals surface area contributed by atoms with Crippen molar-refractivity contribution in [1.82, 2.24) is 4.98 Å². The molecule has 6 heteroatoms. The predicted molar refractivity (Wildman–Crippen MR) is 115 cm³/mol. The lowest BCUT2D eigenvalue weighted by Crippen LogP contribution is -2.30. The molecule has 0 aliphatic heterocycles. The highest BCUT2D eigenvalue weighted by Crippen LogP contribution is 2.32.